The Labute approximate surface area is 224 Å². The number of carbonyl (C=O) groups is 3. The molecule has 3 fully saturated rings. The van der Waals surface area contributed by atoms with E-state index >= 15 is 4.39 Å². The van der Waals surface area contributed by atoms with Crippen LogP contribution in [-0.4, -0.2) is 72.2 Å². The predicted octanol–water partition coefficient (Wildman–Crippen LogP) is 3.73. The van der Waals surface area contributed by atoms with Crippen molar-refractivity contribution in [2.75, 3.05) is 31.6 Å². The highest BCUT2D eigenvalue weighted by Crippen LogP contribution is 2.30. The molecule has 3 heterocycles. The molecule has 1 unspecified atom stereocenters. The van der Waals surface area contributed by atoms with Gasteiger partial charge in [-0.25, -0.2) is 9.18 Å². The molecule has 9 nitrogen and oxygen atoms in total. The number of hydrogen-bond donors (Lipinski definition) is 2. The van der Waals surface area contributed by atoms with E-state index in [2.05, 4.69) is 27.6 Å². The van der Waals surface area contributed by atoms with Gasteiger partial charge in [0.2, 0.25) is 11.8 Å². The van der Waals surface area contributed by atoms with Crippen molar-refractivity contribution < 1.29 is 23.5 Å². The van der Waals surface area contributed by atoms with E-state index in [0.29, 0.717) is 29.8 Å². The van der Waals surface area contributed by atoms with Crippen molar-refractivity contribution in [3.63, 3.8) is 0 Å². The lowest BCUT2D eigenvalue weighted by atomic mass is 9.89. The summed E-state index contributed by atoms with van der Waals surface area (Å²) in [5.74, 6) is -1.10. The Hall–Kier alpha value is -2.75. The van der Waals surface area contributed by atoms with Crippen molar-refractivity contribution >= 4 is 23.6 Å². The lowest BCUT2D eigenvalue weighted by molar-refractivity contribution is -0.134. The van der Waals surface area contributed by atoms with Gasteiger partial charge in [-0.1, -0.05) is 0 Å². The molecule has 1 aromatic heterocycles. The molecule has 3 amide bonds. The molecule has 4 rings (SSSR count). The number of hydrogen-bond acceptors (Lipinski definition) is 7. The largest absolute Gasteiger partial charge is 0.444 e. The number of ether oxygens (including phenoxy) is 1. The minimum Gasteiger partial charge on any atom is -0.444 e. The maximum atomic E-state index is 15.0. The number of rotatable bonds is 6. The number of pyridine rings is 1. The average molecular weight is 532 g/mol. The predicted molar refractivity (Wildman–Crippen MR) is 142 cm³/mol. The number of nitrogens with zero attached hydrogens (tertiary/aromatic N) is 3. The van der Waals surface area contributed by atoms with Gasteiger partial charge >= 0.3 is 6.09 Å². The average Bonchev–Trinajstić information content (AvgIpc) is 2.84. The molecule has 0 radical (unpaired) electrons. The molecule has 1 aromatic rings. The maximum Gasteiger partial charge on any atom is 0.407 e. The first kappa shape index (κ1) is 28.3. The van der Waals surface area contributed by atoms with Crippen LogP contribution in [0.1, 0.15) is 83.7 Å². The minimum atomic E-state index is -0.583. The fourth-order valence-electron chi connectivity index (χ4n) is 5.89. The van der Waals surface area contributed by atoms with Crippen LogP contribution in [0.3, 0.4) is 0 Å². The van der Waals surface area contributed by atoms with Gasteiger partial charge in [-0.2, -0.15) is 0 Å². The van der Waals surface area contributed by atoms with E-state index in [0.717, 1.165) is 58.2 Å². The minimum absolute atomic E-state index is 0.169. The smallest absolute Gasteiger partial charge is 0.407 e. The van der Waals surface area contributed by atoms with Crippen LogP contribution in [-0.2, 0) is 14.3 Å². The first-order valence-electron chi connectivity index (χ1n) is 13.9. The lowest BCUT2D eigenvalue weighted by Crippen LogP contribution is -2.46. The Morgan fingerprint density at radius 2 is 1.84 bits per heavy atom. The summed E-state index contributed by atoms with van der Waals surface area (Å²) in [6.07, 6.45) is 7.76. The van der Waals surface area contributed by atoms with Gasteiger partial charge in [-0.05, 0) is 84.7 Å². The maximum absolute atomic E-state index is 15.0. The number of amides is 3. The highest BCUT2D eigenvalue weighted by molar-refractivity contribution is 6.00. The topological polar surface area (TPSA) is 104 Å². The number of aromatic nitrogens is 1. The molecule has 10 heteroatoms. The van der Waals surface area contributed by atoms with E-state index in [4.69, 9.17) is 4.74 Å². The van der Waals surface area contributed by atoms with E-state index in [-0.39, 0.29) is 30.3 Å². The van der Waals surface area contributed by atoms with Crippen LogP contribution >= 0.6 is 0 Å². The van der Waals surface area contributed by atoms with Crippen LogP contribution in [0, 0.1) is 11.7 Å². The molecule has 38 heavy (non-hydrogen) atoms. The Balaban J connectivity index is 1.21. The third-order valence-electron chi connectivity index (χ3n) is 7.99. The van der Waals surface area contributed by atoms with Crippen LogP contribution in [0.15, 0.2) is 12.3 Å². The number of nitrogens with one attached hydrogen (secondary N) is 2. The number of piperidine rings is 2. The lowest BCUT2D eigenvalue weighted by Gasteiger charge is -2.39. The molecule has 0 aromatic carbocycles. The molecule has 1 atom stereocenters. The Kier molecular flexibility index (Phi) is 8.90. The Bertz CT molecular complexity index is 1010. The zero-order valence-corrected chi connectivity index (χ0v) is 23.1. The fourth-order valence-corrected chi connectivity index (χ4v) is 5.89. The van der Waals surface area contributed by atoms with Crippen molar-refractivity contribution in [3.8, 4) is 0 Å². The van der Waals surface area contributed by atoms with Gasteiger partial charge in [0.15, 0.2) is 0 Å². The molecular weight excluding hydrogens is 489 g/mol. The van der Waals surface area contributed by atoms with E-state index in [1.165, 1.54) is 12.3 Å². The number of imide groups is 1. The van der Waals surface area contributed by atoms with Crippen molar-refractivity contribution in [1.82, 2.24) is 20.5 Å². The van der Waals surface area contributed by atoms with Gasteiger partial charge in [0, 0.05) is 38.1 Å². The van der Waals surface area contributed by atoms with Crippen molar-refractivity contribution in [3.05, 3.63) is 23.8 Å². The second kappa shape index (κ2) is 12.0. The van der Waals surface area contributed by atoms with E-state index in [9.17, 15) is 14.4 Å². The fraction of sp³-hybridized carbons (Fsp3) is 0.714. The van der Waals surface area contributed by atoms with Crippen LogP contribution in [0.5, 0.6) is 0 Å². The standard InChI is InChI=1S/C28H42FN5O4/c1-28(2,3)38-27(37)31-19-5-7-20(8-6-19)33(4)17-18-11-13-34(14-12-18)24-16-30-23(15-22(24)29)21-9-10-25(35)32-26(21)36/h15-16,18-21H,5-14,17H2,1-4H3,(H,31,37)(H,32,35,36). The summed E-state index contributed by atoms with van der Waals surface area (Å²) < 4.78 is 20.4. The van der Waals surface area contributed by atoms with Crippen LogP contribution in [0.2, 0.25) is 0 Å². The van der Waals surface area contributed by atoms with E-state index in [1.807, 2.05) is 25.7 Å². The van der Waals surface area contributed by atoms with Crippen LogP contribution in [0.4, 0.5) is 14.9 Å². The summed E-state index contributed by atoms with van der Waals surface area (Å²) in [4.78, 5) is 44.5. The molecule has 210 valence electrons. The van der Waals surface area contributed by atoms with Crippen molar-refractivity contribution in [1.29, 1.82) is 0 Å². The quantitative estimate of drug-likeness (QED) is 0.539. The van der Waals surface area contributed by atoms with E-state index < -0.39 is 17.4 Å². The zero-order chi connectivity index (χ0) is 27.4. The molecule has 3 aliphatic rings. The second-order valence-electron chi connectivity index (χ2n) is 12.1. The third-order valence-corrected chi connectivity index (χ3v) is 7.99. The Morgan fingerprint density at radius 3 is 2.45 bits per heavy atom. The molecular formula is C28H42FN5O4. The van der Waals surface area contributed by atoms with E-state index in [1.54, 1.807) is 0 Å². The summed E-state index contributed by atoms with van der Waals surface area (Å²) in [6.45, 7) is 8.16. The van der Waals surface area contributed by atoms with Crippen molar-refractivity contribution in [2.45, 2.75) is 95.7 Å². The molecule has 2 aliphatic heterocycles. The molecule has 1 aliphatic carbocycles. The monoisotopic (exact) mass is 531 g/mol. The first-order valence-corrected chi connectivity index (χ1v) is 13.9. The zero-order valence-electron chi connectivity index (χ0n) is 23.1. The third kappa shape index (κ3) is 7.42. The van der Waals surface area contributed by atoms with Gasteiger partial charge in [0.05, 0.1) is 23.5 Å². The van der Waals surface area contributed by atoms with Gasteiger partial charge in [0.25, 0.3) is 0 Å². The molecule has 1 saturated carbocycles. The van der Waals surface area contributed by atoms with Gasteiger partial charge in [-0.15, -0.1) is 0 Å². The van der Waals surface area contributed by atoms with Crippen molar-refractivity contribution in [2.24, 2.45) is 5.92 Å². The summed E-state index contributed by atoms with van der Waals surface area (Å²) in [5.41, 5.74) is 0.367. The summed E-state index contributed by atoms with van der Waals surface area (Å²) >= 11 is 0. The number of alkyl carbamates (subject to hydrolysis) is 1. The van der Waals surface area contributed by atoms with Gasteiger partial charge < -0.3 is 19.9 Å². The number of carbonyl (C=O) groups excluding carboxylic acids is 3. The Morgan fingerprint density at radius 1 is 1.16 bits per heavy atom. The summed E-state index contributed by atoms with van der Waals surface area (Å²) in [6, 6.07) is 2.03. The van der Waals surface area contributed by atoms with Gasteiger partial charge in [-0.3, -0.25) is 19.9 Å². The van der Waals surface area contributed by atoms with Crippen LogP contribution < -0.4 is 15.5 Å². The molecule has 0 spiro atoms. The molecule has 2 N–H and O–H groups in total. The summed E-state index contributed by atoms with van der Waals surface area (Å²) in [5, 5.41) is 5.32. The number of halogens is 1. The molecule has 2 saturated heterocycles. The van der Waals surface area contributed by atoms with Crippen LogP contribution in [0.25, 0.3) is 0 Å². The highest BCUT2D eigenvalue weighted by atomic mass is 19.1. The normalized spacial score (nSPS) is 25.3. The second-order valence-corrected chi connectivity index (χ2v) is 12.1. The molecule has 0 bridgehead atoms. The summed E-state index contributed by atoms with van der Waals surface area (Å²) in [7, 11) is 2.19. The SMILES string of the molecule is CN(CC1CCN(c2cnc(C3CCC(=O)NC3=O)cc2F)CC1)C1CCC(NC(=O)OC(C)(C)C)CC1. The highest BCUT2D eigenvalue weighted by Gasteiger charge is 2.31. The van der Waals surface area contributed by atoms with Gasteiger partial charge in [0.1, 0.15) is 11.4 Å². The number of anilines is 1. The first-order chi connectivity index (χ1) is 18.0.